The van der Waals surface area contributed by atoms with Crippen LogP contribution < -0.4 is 14.4 Å². The number of rotatable bonds is 6. The summed E-state index contributed by atoms with van der Waals surface area (Å²) < 4.78 is 16.2. The largest absolute Gasteiger partial charge is 0.497 e. The van der Waals surface area contributed by atoms with Crippen LogP contribution in [0.5, 0.6) is 11.5 Å². The first-order valence-electron chi connectivity index (χ1n) is 10.4. The molecule has 0 N–H and O–H groups in total. The number of benzene rings is 2. The van der Waals surface area contributed by atoms with Crippen molar-refractivity contribution in [2.45, 2.75) is 20.5 Å². The van der Waals surface area contributed by atoms with Crippen LogP contribution in [0, 0.1) is 13.8 Å². The molecule has 7 nitrogen and oxygen atoms in total. The zero-order valence-corrected chi connectivity index (χ0v) is 18.1. The van der Waals surface area contributed by atoms with E-state index in [0.717, 1.165) is 41.5 Å². The number of aryl methyl sites for hydroxylation is 2. The molecule has 1 fully saturated rings. The summed E-state index contributed by atoms with van der Waals surface area (Å²) in [5.41, 5.74) is 3.60. The van der Waals surface area contributed by atoms with Crippen LogP contribution in [-0.2, 0) is 6.61 Å². The zero-order valence-electron chi connectivity index (χ0n) is 18.1. The highest BCUT2D eigenvalue weighted by Gasteiger charge is 2.22. The zero-order chi connectivity index (χ0) is 21.8. The van der Waals surface area contributed by atoms with Crippen LogP contribution in [-0.4, -0.2) is 49.3 Å². The highest BCUT2D eigenvalue weighted by Crippen LogP contribution is 2.22. The Balaban J connectivity index is 1.31. The van der Waals surface area contributed by atoms with Gasteiger partial charge in [-0.15, -0.1) is 0 Å². The number of amides is 1. The summed E-state index contributed by atoms with van der Waals surface area (Å²) in [7, 11) is 1.66. The lowest BCUT2D eigenvalue weighted by molar-refractivity contribution is 0.0746. The average Bonchev–Trinajstić information content (AvgIpc) is 3.15. The maximum absolute atomic E-state index is 12.9. The molecule has 2 aromatic carbocycles. The first kappa shape index (κ1) is 20.8. The van der Waals surface area contributed by atoms with Gasteiger partial charge in [-0.3, -0.25) is 4.79 Å². The molecule has 2 heterocycles. The minimum atomic E-state index is 0.0478. The summed E-state index contributed by atoms with van der Waals surface area (Å²) in [4.78, 5) is 17.1. The van der Waals surface area contributed by atoms with Crippen molar-refractivity contribution in [3.05, 3.63) is 71.1 Å². The smallest absolute Gasteiger partial charge is 0.253 e. The molecule has 1 amide bonds. The molecule has 1 saturated heterocycles. The molecule has 0 unspecified atom stereocenters. The van der Waals surface area contributed by atoms with Gasteiger partial charge in [-0.2, -0.15) is 0 Å². The van der Waals surface area contributed by atoms with Gasteiger partial charge in [-0.05, 0) is 62.4 Å². The normalized spacial score (nSPS) is 13.9. The summed E-state index contributed by atoms with van der Waals surface area (Å²) in [5, 5.41) is 3.94. The van der Waals surface area contributed by atoms with E-state index in [-0.39, 0.29) is 5.91 Å². The summed E-state index contributed by atoms with van der Waals surface area (Å²) >= 11 is 0. The summed E-state index contributed by atoms with van der Waals surface area (Å²) in [6.07, 6.45) is 0. The predicted octanol–water partition coefficient (Wildman–Crippen LogP) is 3.84. The van der Waals surface area contributed by atoms with Crippen molar-refractivity contribution >= 4 is 11.6 Å². The molecule has 4 rings (SSSR count). The Morgan fingerprint density at radius 3 is 2.19 bits per heavy atom. The maximum Gasteiger partial charge on any atom is 0.253 e. The minimum Gasteiger partial charge on any atom is -0.497 e. The number of methoxy groups -OCH3 is 1. The van der Waals surface area contributed by atoms with Crippen LogP contribution >= 0.6 is 0 Å². The van der Waals surface area contributed by atoms with E-state index in [9.17, 15) is 4.79 Å². The van der Waals surface area contributed by atoms with Crippen LogP contribution in [0.25, 0.3) is 0 Å². The average molecular weight is 421 g/mol. The van der Waals surface area contributed by atoms with Crippen LogP contribution in [0.2, 0.25) is 0 Å². The van der Waals surface area contributed by atoms with E-state index in [0.29, 0.717) is 31.0 Å². The lowest BCUT2D eigenvalue weighted by Crippen LogP contribution is -2.48. The molecule has 0 aliphatic carbocycles. The van der Waals surface area contributed by atoms with Crippen molar-refractivity contribution in [1.82, 2.24) is 10.1 Å². The predicted molar refractivity (Wildman–Crippen MR) is 118 cm³/mol. The summed E-state index contributed by atoms with van der Waals surface area (Å²) in [6.45, 7) is 7.14. The molecule has 162 valence electrons. The second-order valence-electron chi connectivity index (χ2n) is 7.59. The van der Waals surface area contributed by atoms with Crippen molar-refractivity contribution < 1.29 is 18.8 Å². The molecule has 0 bridgehead atoms. The fraction of sp³-hybridized carbons (Fsp3) is 0.333. The van der Waals surface area contributed by atoms with E-state index in [1.165, 1.54) is 0 Å². The van der Waals surface area contributed by atoms with Crippen molar-refractivity contribution in [3.8, 4) is 11.5 Å². The second-order valence-corrected chi connectivity index (χ2v) is 7.59. The highest BCUT2D eigenvalue weighted by molar-refractivity contribution is 5.94. The Bertz CT molecular complexity index is 1000. The van der Waals surface area contributed by atoms with E-state index in [1.807, 2.05) is 55.1 Å². The van der Waals surface area contributed by atoms with Crippen LogP contribution in [0.15, 0.2) is 53.1 Å². The Labute approximate surface area is 182 Å². The Kier molecular flexibility index (Phi) is 6.11. The third-order valence-electron chi connectivity index (χ3n) is 5.67. The molecule has 0 saturated carbocycles. The molecule has 7 heteroatoms. The fourth-order valence-electron chi connectivity index (χ4n) is 3.70. The van der Waals surface area contributed by atoms with Gasteiger partial charge in [0.15, 0.2) is 0 Å². The topological polar surface area (TPSA) is 68.0 Å². The number of anilines is 1. The van der Waals surface area contributed by atoms with E-state index in [2.05, 4.69) is 22.2 Å². The van der Waals surface area contributed by atoms with Crippen molar-refractivity contribution in [1.29, 1.82) is 0 Å². The minimum absolute atomic E-state index is 0.0478. The SMILES string of the molecule is COc1ccc(N2CCN(C(=O)c3ccc(OCc4c(C)noc4C)cc3)CC2)cc1. The van der Waals surface area contributed by atoms with Gasteiger partial charge in [0, 0.05) is 37.4 Å². The summed E-state index contributed by atoms with van der Waals surface area (Å²) in [5.74, 6) is 2.36. The number of piperazine rings is 1. The second kappa shape index (κ2) is 9.12. The van der Waals surface area contributed by atoms with Gasteiger partial charge in [0.2, 0.25) is 0 Å². The fourth-order valence-corrected chi connectivity index (χ4v) is 3.70. The van der Waals surface area contributed by atoms with Gasteiger partial charge in [-0.25, -0.2) is 0 Å². The first-order chi connectivity index (χ1) is 15.0. The lowest BCUT2D eigenvalue weighted by atomic mass is 10.1. The Hall–Kier alpha value is -3.48. The summed E-state index contributed by atoms with van der Waals surface area (Å²) in [6, 6.07) is 15.3. The molecule has 1 aliphatic rings. The molecule has 1 aliphatic heterocycles. The quantitative estimate of drug-likeness (QED) is 0.602. The molecule has 3 aromatic rings. The van der Waals surface area contributed by atoms with Crippen LogP contribution in [0.3, 0.4) is 0 Å². The number of ether oxygens (including phenoxy) is 2. The molecule has 0 atom stereocenters. The molecule has 31 heavy (non-hydrogen) atoms. The van der Waals surface area contributed by atoms with Gasteiger partial charge >= 0.3 is 0 Å². The monoisotopic (exact) mass is 421 g/mol. The number of hydrogen-bond acceptors (Lipinski definition) is 6. The number of carbonyl (C=O) groups is 1. The molecule has 1 aromatic heterocycles. The van der Waals surface area contributed by atoms with E-state index >= 15 is 0 Å². The van der Waals surface area contributed by atoms with Gasteiger partial charge in [0.25, 0.3) is 5.91 Å². The van der Waals surface area contributed by atoms with E-state index in [1.54, 1.807) is 7.11 Å². The number of aromatic nitrogens is 1. The van der Waals surface area contributed by atoms with Gasteiger partial charge < -0.3 is 23.8 Å². The number of nitrogens with zero attached hydrogens (tertiary/aromatic N) is 3. The first-order valence-corrected chi connectivity index (χ1v) is 10.4. The number of carbonyl (C=O) groups excluding carboxylic acids is 1. The van der Waals surface area contributed by atoms with Crippen molar-refractivity contribution in [2.24, 2.45) is 0 Å². The third kappa shape index (κ3) is 4.66. The van der Waals surface area contributed by atoms with Crippen LogP contribution in [0.1, 0.15) is 27.4 Å². The lowest BCUT2D eigenvalue weighted by Gasteiger charge is -2.36. The number of hydrogen-bond donors (Lipinski definition) is 0. The Morgan fingerprint density at radius 2 is 1.61 bits per heavy atom. The molecular formula is C24H27N3O4. The standard InChI is InChI=1S/C24H27N3O4/c1-17-23(18(2)31-25-17)16-30-22-8-4-19(5-9-22)24(28)27-14-12-26(13-15-27)20-6-10-21(29-3)11-7-20/h4-11H,12-16H2,1-3H3. The van der Waals surface area contributed by atoms with E-state index < -0.39 is 0 Å². The van der Waals surface area contributed by atoms with Crippen molar-refractivity contribution in [3.63, 3.8) is 0 Å². The maximum atomic E-state index is 12.9. The highest BCUT2D eigenvalue weighted by atomic mass is 16.5. The molecule has 0 spiro atoms. The third-order valence-corrected chi connectivity index (χ3v) is 5.67. The van der Waals surface area contributed by atoms with Gasteiger partial charge in [0.1, 0.15) is 23.9 Å². The van der Waals surface area contributed by atoms with Crippen LogP contribution in [0.4, 0.5) is 5.69 Å². The van der Waals surface area contributed by atoms with Gasteiger partial charge in [0.05, 0.1) is 18.4 Å². The molecule has 0 radical (unpaired) electrons. The van der Waals surface area contributed by atoms with Crippen molar-refractivity contribution in [2.75, 3.05) is 38.2 Å². The Morgan fingerprint density at radius 1 is 0.968 bits per heavy atom. The van der Waals surface area contributed by atoms with E-state index in [4.69, 9.17) is 14.0 Å². The molecular weight excluding hydrogens is 394 g/mol. The van der Waals surface area contributed by atoms with Gasteiger partial charge in [-0.1, -0.05) is 5.16 Å².